The van der Waals surface area contributed by atoms with E-state index in [0.717, 1.165) is 32.3 Å². The van der Waals surface area contributed by atoms with Gasteiger partial charge in [-0.05, 0) is 30.7 Å². The average Bonchev–Trinajstić information content (AvgIpc) is 3.11. The lowest BCUT2D eigenvalue weighted by Gasteiger charge is -2.19. The van der Waals surface area contributed by atoms with Crippen LogP contribution in [0.3, 0.4) is 0 Å². The van der Waals surface area contributed by atoms with Gasteiger partial charge < -0.3 is 10.0 Å². The Labute approximate surface area is 181 Å². The zero-order valence-corrected chi connectivity index (χ0v) is 18.1. The van der Waals surface area contributed by atoms with Crippen LogP contribution in [0.4, 0.5) is 5.69 Å². The number of hydrogen-bond acceptors (Lipinski definition) is 8. The summed E-state index contributed by atoms with van der Waals surface area (Å²) in [5.41, 5.74) is 0.908. The minimum atomic E-state index is -4.05. The molecule has 1 amide bonds. The second-order valence-corrected chi connectivity index (χ2v) is 10.4. The maximum Gasteiger partial charge on any atom is 0.323 e. The molecule has 0 spiro atoms. The summed E-state index contributed by atoms with van der Waals surface area (Å²) in [7, 11) is -4.05. The summed E-state index contributed by atoms with van der Waals surface area (Å²) in [4.78, 5) is 27.5. The predicted molar refractivity (Wildman–Crippen MR) is 116 cm³/mol. The molecule has 2 aliphatic rings. The van der Waals surface area contributed by atoms with E-state index >= 15 is 0 Å². The number of amides is 1. The van der Waals surface area contributed by atoms with Crippen molar-refractivity contribution in [3.05, 3.63) is 46.4 Å². The topological polar surface area (TPSA) is 115 Å². The van der Waals surface area contributed by atoms with Crippen molar-refractivity contribution in [2.24, 2.45) is 0 Å². The van der Waals surface area contributed by atoms with Gasteiger partial charge in [0, 0.05) is 11.4 Å². The summed E-state index contributed by atoms with van der Waals surface area (Å²) in [6.07, 6.45) is 3.54. The monoisotopic (exact) mass is 472 g/mol. The minimum Gasteiger partial charge on any atom is -0.480 e. The van der Waals surface area contributed by atoms with Crippen LogP contribution in [0.25, 0.3) is 0 Å². The van der Waals surface area contributed by atoms with Crippen LogP contribution in [0.15, 0.2) is 51.2 Å². The van der Waals surface area contributed by atoms with E-state index in [1.807, 2.05) is 29.2 Å². The molecule has 2 aliphatic heterocycles. The summed E-state index contributed by atoms with van der Waals surface area (Å²) >= 11 is 7.58. The molecule has 1 aromatic carbocycles. The van der Waals surface area contributed by atoms with E-state index in [0.29, 0.717) is 11.4 Å². The fraction of sp³-hybridized carbons (Fsp3) is 0.235. The Balaban J connectivity index is 1.81. The van der Waals surface area contributed by atoms with Crippen molar-refractivity contribution in [1.29, 1.82) is 0 Å². The van der Waals surface area contributed by atoms with Gasteiger partial charge in [0.15, 0.2) is 0 Å². The molecule has 1 saturated heterocycles. The lowest BCUT2D eigenvalue weighted by Crippen LogP contribution is -2.33. The van der Waals surface area contributed by atoms with Crippen LogP contribution in [0.2, 0.25) is 0 Å². The summed E-state index contributed by atoms with van der Waals surface area (Å²) in [5.74, 6) is -1.96. The molecule has 0 radical (unpaired) electrons. The average molecular weight is 473 g/mol. The van der Waals surface area contributed by atoms with E-state index in [4.69, 9.17) is 21.9 Å². The van der Waals surface area contributed by atoms with Gasteiger partial charge in [-0.1, -0.05) is 47.9 Å². The van der Waals surface area contributed by atoms with E-state index in [9.17, 15) is 18.0 Å². The third-order valence-corrected chi connectivity index (χ3v) is 7.30. The quantitative estimate of drug-likeness (QED) is 0.348. The first-order chi connectivity index (χ1) is 13.7. The van der Waals surface area contributed by atoms with E-state index in [2.05, 4.69) is 0 Å². The van der Waals surface area contributed by atoms with Crippen LogP contribution in [0.5, 0.6) is 0 Å². The minimum absolute atomic E-state index is 0.189. The molecule has 0 aliphatic carbocycles. The van der Waals surface area contributed by atoms with Crippen molar-refractivity contribution < 1.29 is 27.7 Å². The third-order valence-electron chi connectivity index (χ3n) is 3.96. The summed E-state index contributed by atoms with van der Waals surface area (Å²) in [5, 5.41) is 9.69. The fourth-order valence-electron chi connectivity index (χ4n) is 2.75. The van der Waals surface area contributed by atoms with E-state index < -0.39 is 28.5 Å². The van der Waals surface area contributed by atoms with Gasteiger partial charge in [-0.2, -0.15) is 8.42 Å². The van der Waals surface area contributed by atoms with Gasteiger partial charge in [-0.3, -0.25) is 19.0 Å². The number of aliphatic carboxylic acids is 1. The van der Waals surface area contributed by atoms with Crippen molar-refractivity contribution in [3.8, 4) is 0 Å². The van der Waals surface area contributed by atoms with Crippen LogP contribution in [0, 0.1) is 0 Å². The van der Waals surface area contributed by atoms with Crippen molar-refractivity contribution >= 4 is 67.7 Å². The first kappa shape index (κ1) is 21.8. The molecule has 2 heterocycles. The molecule has 29 heavy (non-hydrogen) atoms. The number of benzene rings is 1. The SMILES string of the molecule is O=C(O)CN1C(=O)/C(=C\C=C2\Sc3ccccc3N2CCCS(=O)(=O)O)SC1=S. The maximum atomic E-state index is 12.4. The molecule has 0 aromatic heterocycles. The zero-order valence-electron chi connectivity index (χ0n) is 14.8. The van der Waals surface area contributed by atoms with Gasteiger partial charge >= 0.3 is 5.97 Å². The van der Waals surface area contributed by atoms with Gasteiger partial charge in [-0.25, -0.2) is 0 Å². The number of thiocarbonyl (C=S) groups is 1. The Morgan fingerprint density at radius 2 is 1.90 bits per heavy atom. The van der Waals surface area contributed by atoms with Gasteiger partial charge in [0.2, 0.25) is 0 Å². The molecule has 12 heteroatoms. The Kier molecular flexibility index (Phi) is 6.69. The Hall–Kier alpha value is -1.86. The summed E-state index contributed by atoms with van der Waals surface area (Å²) in [6, 6.07) is 7.60. The number of fused-ring (bicyclic) bond motifs is 1. The van der Waals surface area contributed by atoms with Gasteiger partial charge in [0.1, 0.15) is 10.9 Å². The van der Waals surface area contributed by atoms with Crippen molar-refractivity contribution in [2.75, 3.05) is 23.7 Å². The highest BCUT2D eigenvalue weighted by atomic mass is 32.2. The number of anilines is 1. The molecule has 0 saturated carbocycles. The number of carboxylic acids is 1. The zero-order chi connectivity index (χ0) is 21.2. The number of allylic oxidation sites excluding steroid dienone is 2. The molecule has 1 aromatic rings. The standard InChI is InChI=1S/C17H16N2O6S4/c20-15(21)10-19-16(22)13(28-17(19)26)6-7-14-18(8-3-9-29(23,24)25)11-4-1-2-5-12(11)27-14/h1-2,4-7H,3,8-10H2,(H,20,21)(H,23,24,25)/b13-6+,14-7+. The Morgan fingerprint density at radius 1 is 1.17 bits per heavy atom. The summed E-state index contributed by atoms with van der Waals surface area (Å²) in [6.45, 7) is -0.121. The second kappa shape index (κ2) is 8.88. The lowest BCUT2D eigenvalue weighted by molar-refractivity contribution is -0.140. The molecule has 3 rings (SSSR count). The number of hydrogen-bond donors (Lipinski definition) is 2. The van der Waals surface area contributed by atoms with E-state index in [1.54, 1.807) is 12.2 Å². The molecule has 2 N–H and O–H groups in total. The van der Waals surface area contributed by atoms with Crippen molar-refractivity contribution in [1.82, 2.24) is 4.90 Å². The van der Waals surface area contributed by atoms with Gasteiger partial charge in [0.05, 0.1) is 21.4 Å². The maximum absolute atomic E-state index is 12.4. The summed E-state index contributed by atoms with van der Waals surface area (Å²) < 4.78 is 31.2. The highest BCUT2D eigenvalue weighted by Crippen LogP contribution is 2.46. The lowest BCUT2D eigenvalue weighted by atomic mass is 10.3. The number of nitrogens with zero attached hydrogens (tertiary/aromatic N) is 2. The molecular weight excluding hydrogens is 456 g/mol. The number of carbonyl (C=O) groups excluding carboxylic acids is 1. The first-order valence-electron chi connectivity index (χ1n) is 8.33. The molecular formula is C17H16N2O6S4. The highest BCUT2D eigenvalue weighted by Gasteiger charge is 2.33. The fourth-order valence-corrected chi connectivity index (χ4v) is 5.53. The van der Waals surface area contributed by atoms with Crippen LogP contribution in [-0.2, 0) is 19.7 Å². The molecule has 8 nitrogen and oxygen atoms in total. The molecule has 154 valence electrons. The smallest absolute Gasteiger partial charge is 0.323 e. The Morgan fingerprint density at radius 3 is 2.59 bits per heavy atom. The van der Waals surface area contributed by atoms with Crippen LogP contribution in [-0.4, -0.2) is 58.0 Å². The number of carbonyl (C=O) groups is 2. The van der Waals surface area contributed by atoms with Crippen LogP contribution < -0.4 is 4.90 Å². The largest absolute Gasteiger partial charge is 0.480 e. The number of para-hydroxylation sites is 1. The van der Waals surface area contributed by atoms with Gasteiger partial charge in [-0.15, -0.1) is 0 Å². The highest BCUT2D eigenvalue weighted by molar-refractivity contribution is 8.26. The Bertz CT molecular complexity index is 1030. The van der Waals surface area contributed by atoms with Gasteiger partial charge in [0.25, 0.3) is 16.0 Å². The molecule has 1 fully saturated rings. The van der Waals surface area contributed by atoms with Crippen molar-refractivity contribution in [2.45, 2.75) is 11.3 Å². The number of thioether (sulfide) groups is 2. The van der Waals surface area contributed by atoms with Crippen LogP contribution >= 0.6 is 35.7 Å². The van der Waals surface area contributed by atoms with E-state index in [1.165, 1.54) is 11.8 Å². The predicted octanol–water partition coefficient (Wildman–Crippen LogP) is 2.55. The first-order valence-corrected chi connectivity index (χ1v) is 12.0. The molecule has 0 unspecified atom stereocenters. The van der Waals surface area contributed by atoms with E-state index in [-0.39, 0.29) is 16.5 Å². The number of rotatable bonds is 7. The molecule has 0 bridgehead atoms. The van der Waals surface area contributed by atoms with Crippen molar-refractivity contribution in [3.63, 3.8) is 0 Å². The normalized spacial score (nSPS) is 19.5. The molecule has 0 atom stereocenters. The number of carboxylic acid groups (broad SMARTS) is 1. The second-order valence-electron chi connectivity index (χ2n) is 6.05. The van der Waals surface area contributed by atoms with Crippen LogP contribution in [0.1, 0.15) is 6.42 Å². The third kappa shape index (κ3) is 5.39.